The van der Waals surface area contributed by atoms with Crippen LogP contribution in [0.4, 0.5) is 10.5 Å². The number of rotatable bonds is 4. The Morgan fingerprint density at radius 2 is 2.00 bits per heavy atom. The van der Waals surface area contributed by atoms with E-state index in [1.54, 1.807) is 12.1 Å². The Morgan fingerprint density at radius 1 is 1.30 bits per heavy atom. The number of carbonyl (C=O) groups is 2. The molecule has 0 spiro atoms. The molecule has 1 aromatic carbocycles. The van der Waals surface area contributed by atoms with Crippen LogP contribution in [0.2, 0.25) is 0 Å². The minimum Gasteiger partial charge on any atom is -0.407 e. The van der Waals surface area contributed by atoms with Crippen molar-refractivity contribution in [1.82, 2.24) is 5.32 Å². The number of amides is 2. The molecule has 1 aliphatic carbocycles. The topological polar surface area (TPSA) is 78.9 Å². The van der Waals surface area contributed by atoms with Gasteiger partial charge in [-0.2, -0.15) is 0 Å². The van der Waals surface area contributed by atoms with E-state index >= 15 is 0 Å². The molecule has 0 radical (unpaired) electrons. The average Bonchev–Trinajstić information content (AvgIpc) is 3.16. The summed E-state index contributed by atoms with van der Waals surface area (Å²) in [6.07, 6.45) is 3.92. The third kappa shape index (κ3) is 3.47. The van der Waals surface area contributed by atoms with E-state index in [0.29, 0.717) is 24.7 Å². The Labute approximate surface area is 135 Å². The fourth-order valence-corrected chi connectivity index (χ4v) is 3.26. The largest absolute Gasteiger partial charge is 0.410 e. The first-order valence-corrected chi connectivity index (χ1v) is 8.15. The van der Waals surface area contributed by atoms with E-state index in [2.05, 4.69) is 5.32 Å². The van der Waals surface area contributed by atoms with Crippen molar-refractivity contribution in [3.63, 3.8) is 0 Å². The first kappa shape index (κ1) is 15.8. The summed E-state index contributed by atoms with van der Waals surface area (Å²) in [7, 11) is 0. The van der Waals surface area contributed by atoms with E-state index in [-0.39, 0.29) is 6.42 Å². The molecule has 1 saturated carbocycles. The van der Waals surface area contributed by atoms with Gasteiger partial charge in [-0.15, -0.1) is 0 Å². The van der Waals surface area contributed by atoms with Gasteiger partial charge in [-0.05, 0) is 30.9 Å². The molecule has 124 valence electrons. The molecule has 0 unspecified atom stereocenters. The Bertz CT molecular complexity index is 571. The molecule has 2 amide bonds. The van der Waals surface area contributed by atoms with Gasteiger partial charge >= 0.3 is 6.09 Å². The van der Waals surface area contributed by atoms with E-state index in [1.807, 2.05) is 18.2 Å². The Hall–Kier alpha value is -2.08. The van der Waals surface area contributed by atoms with Crippen molar-refractivity contribution in [2.45, 2.75) is 37.9 Å². The van der Waals surface area contributed by atoms with Gasteiger partial charge in [-0.1, -0.05) is 31.0 Å². The molecule has 1 aromatic rings. The molecular weight excluding hydrogens is 296 g/mol. The summed E-state index contributed by atoms with van der Waals surface area (Å²) in [6, 6.07) is 9.04. The van der Waals surface area contributed by atoms with Crippen molar-refractivity contribution in [3.05, 3.63) is 30.3 Å². The number of benzene rings is 1. The number of hydrogen-bond acceptors (Lipinski definition) is 4. The molecule has 3 rings (SSSR count). The van der Waals surface area contributed by atoms with Crippen LogP contribution in [0.5, 0.6) is 0 Å². The molecule has 1 heterocycles. The Morgan fingerprint density at radius 3 is 2.70 bits per heavy atom. The lowest BCUT2D eigenvalue weighted by atomic mass is 10.1. The molecule has 23 heavy (non-hydrogen) atoms. The number of carbonyl (C=O) groups excluding carboxylic acids is 2. The normalized spacial score (nSPS) is 24.9. The maximum Gasteiger partial charge on any atom is 0.410 e. The first-order valence-electron chi connectivity index (χ1n) is 8.15. The first-order chi connectivity index (χ1) is 11.1. The number of nitrogens with one attached hydrogen (secondary N) is 1. The third-order valence-corrected chi connectivity index (χ3v) is 4.59. The molecule has 0 aromatic heterocycles. The zero-order valence-electron chi connectivity index (χ0n) is 13.0. The second-order valence-electron chi connectivity index (χ2n) is 6.25. The minimum atomic E-state index is -2.07. The molecule has 6 nitrogen and oxygen atoms in total. The summed E-state index contributed by atoms with van der Waals surface area (Å²) >= 11 is 0. The lowest BCUT2D eigenvalue weighted by molar-refractivity contribution is -0.175. The van der Waals surface area contributed by atoms with Crippen LogP contribution in [0.15, 0.2) is 30.3 Å². The van der Waals surface area contributed by atoms with Crippen LogP contribution in [0.1, 0.15) is 32.1 Å². The van der Waals surface area contributed by atoms with Gasteiger partial charge in [0.25, 0.3) is 11.7 Å². The minimum absolute atomic E-state index is 0.0670. The Kier molecular flexibility index (Phi) is 4.52. The lowest BCUT2D eigenvalue weighted by Gasteiger charge is -2.23. The molecule has 1 aliphatic heterocycles. The van der Waals surface area contributed by atoms with Crippen LogP contribution < -0.4 is 10.2 Å². The number of alkyl carbamates (subject to hydrolysis) is 1. The van der Waals surface area contributed by atoms with Crippen LogP contribution in [-0.4, -0.2) is 36.0 Å². The standard InChI is InChI=1S/C17H22N2O4/c20-15-17(22,10-11-19(15)14-8-2-1-3-9-14)23-16(21)18-12-13-6-4-5-7-13/h1-3,8-9,13,22H,4-7,10-12H2,(H,18,21)/t17-/m0/s1. The van der Waals surface area contributed by atoms with Gasteiger partial charge in [0.2, 0.25) is 0 Å². The third-order valence-electron chi connectivity index (χ3n) is 4.59. The van der Waals surface area contributed by atoms with Crippen molar-refractivity contribution < 1.29 is 19.4 Å². The number of anilines is 1. The van der Waals surface area contributed by atoms with Gasteiger partial charge in [-0.3, -0.25) is 4.79 Å². The van der Waals surface area contributed by atoms with Crippen LogP contribution in [-0.2, 0) is 9.53 Å². The number of nitrogens with zero attached hydrogens (tertiary/aromatic N) is 1. The number of aliphatic hydroxyl groups is 1. The maximum atomic E-state index is 12.4. The zero-order chi connectivity index (χ0) is 16.3. The highest BCUT2D eigenvalue weighted by atomic mass is 16.7. The highest BCUT2D eigenvalue weighted by molar-refractivity contribution is 6.01. The van der Waals surface area contributed by atoms with Crippen molar-refractivity contribution in [1.29, 1.82) is 0 Å². The van der Waals surface area contributed by atoms with Gasteiger partial charge in [-0.25, -0.2) is 4.79 Å². The SMILES string of the molecule is O=C(NCC1CCCC1)O[C@@]1(O)CCN(c2ccccc2)C1=O. The van der Waals surface area contributed by atoms with Gasteiger partial charge in [0.05, 0.1) is 0 Å². The monoisotopic (exact) mass is 318 g/mol. The van der Waals surface area contributed by atoms with E-state index in [0.717, 1.165) is 12.8 Å². The van der Waals surface area contributed by atoms with Gasteiger partial charge in [0.1, 0.15) is 0 Å². The summed E-state index contributed by atoms with van der Waals surface area (Å²) < 4.78 is 5.04. The van der Waals surface area contributed by atoms with Crippen LogP contribution in [0.25, 0.3) is 0 Å². The molecule has 2 aliphatic rings. The zero-order valence-corrected chi connectivity index (χ0v) is 13.0. The number of hydrogen-bond donors (Lipinski definition) is 2. The fraction of sp³-hybridized carbons (Fsp3) is 0.529. The summed E-state index contributed by atoms with van der Waals surface area (Å²) in [5.41, 5.74) is 0.684. The van der Waals surface area contributed by atoms with Crippen molar-refractivity contribution in [2.75, 3.05) is 18.0 Å². The van der Waals surface area contributed by atoms with E-state index in [1.165, 1.54) is 17.7 Å². The highest BCUT2D eigenvalue weighted by Gasteiger charge is 2.49. The van der Waals surface area contributed by atoms with Gasteiger partial charge in [0.15, 0.2) is 0 Å². The molecule has 6 heteroatoms. The molecule has 2 N–H and O–H groups in total. The number of para-hydroxylation sites is 1. The van der Waals surface area contributed by atoms with Gasteiger partial charge < -0.3 is 20.1 Å². The fourth-order valence-electron chi connectivity index (χ4n) is 3.26. The summed E-state index contributed by atoms with van der Waals surface area (Å²) in [5.74, 6) is -2.20. The predicted molar refractivity (Wildman–Crippen MR) is 84.8 cm³/mol. The van der Waals surface area contributed by atoms with E-state index in [9.17, 15) is 14.7 Å². The van der Waals surface area contributed by atoms with E-state index in [4.69, 9.17) is 4.74 Å². The predicted octanol–water partition coefficient (Wildman–Crippen LogP) is 2.03. The maximum absolute atomic E-state index is 12.4. The van der Waals surface area contributed by atoms with Crippen LogP contribution in [0.3, 0.4) is 0 Å². The number of ether oxygens (including phenoxy) is 1. The second kappa shape index (κ2) is 6.58. The van der Waals surface area contributed by atoms with E-state index < -0.39 is 17.8 Å². The highest BCUT2D eigenvalue weighted by Crippen LogP contribution is 2.29. The van der Waals surface area contributed by atoms with Gasteiger partial charge in [0, 0.05) is 25.2 Å². The summed E-state index contributed by atoms with van der Waals surface area (Å²) in [6.45, 7) is 0.848. The van der Waals surface area contributed by atoms with Crippen LogP contribution in [0, 0.1) is 5.92 Å². The summed E-state index contributed by atoms with van der Waals surface area (Å²) in [4.78, 5) is 25.7. The smallest absolute Gasteiger partial charge is 0.407 e. The lowest BCUT2D eigenvalue weighted by Crippen LogP contribution is -2.46. The summed E-state index contributed by atoms with van der Waals surface area (Å²) in [5, 5.41) is 13.0. The Balaban J connectivity index is 1.56. The van der Waals surface area contributed by atoms with Crippen molar-refractivity contribution >= 4 is 17.7 Å². The quantitative estimate of drug-likeness (QED) is 0.833. The van der Waals surface area contributed by atoms with Crippen LogP contribution >= 0.6 is 0 Å². The average molecular weight is 318 g/mol. The van der Waals surface area contributed by atoms with Crippen molar-refractivity contribution in [3.8, 4) is 0 Å². The molecule has 2 fully saturated rings. The molecular formula is C17H22N2O4. The second-order valence-corrected chi connectivity index (χ2v) is 6.25. The molecule has 1 saturated heterocycles. The molecule has 0 bridgehead atoms. The molecule has 1 atom stereocenters. The van der Waals surface area contributed by atoms with Crippen molar-refractivity contribution in [2.24, 2.45) is 5.92 Å².